The van der Waals surface area contributed by atoms with Crippen molar-refractivity contribution in [3.63, 3.8) is 0 Å². The molecule has 0 fully saturated rings. The number of phenolic OH excluding ortho intramolecular Hbond substituents is 1. The minimum atomic E-state index is -0.232. The van der Waals surface area contributed by atoms with Crippen LogP contribution in [0.5, 0.6) is 5.75 Å². The Hall–Kier alpha value is -4.70. The van der Waals surface area contributed by atoms with Crippen LogP contribution in [0, 0.1) is 0 Å². The fourth-order valence-corrected chi connectivity index (χ4v) is 5.68. The van der Waals surface area contributed by atoms with Gasteiger partial charge in [-0.25, -0.2) is 9.97 Å². The summed E-state index contributed by atoms with van der Waals surface area (Å²) in [4.78, 5) is 12.1. The summed E-state index contributed by atoms with van der Waals surface area (Å²) in [6.07, 6.45) is 1.82. The largest absolute Gasteiger partial charge is 0.507 e. The number of fused-ring (bicyclic) bond motifs is 6. The number of para-hydroxylation sites is 1. The summed E-state index contributed by atoms with van der Waals surface area (Å²) < 4.78 is 0. The molecule has 6 aromatic rings. The summed E-state index contributed by atoms with van der Waals surface area (Å²) in [7, 11) is 0. The molecule has 0 unspecified atom stereocenters. The van der Waals surface area contributed by atoms with Gasteiger partial charge in [-0.05, 0) is 65.0 Å². The molecule has 37 heavy (non-hydrogen) atoms. The smallest absolute Gasteiger partial charge is 0.137 e. The van der Waals surface area contributed by atoms with Crippen LogP contribution in [0.25, 0.3) is 32.9 Å². The first-order chi connectivity index (χ1) is 18.0. The van der Waals surface area contributed by atoms with E-state index in [0.29, 0.717) is 0 Å². The first-order valence-corrected chi connectivity index (χ1v) is 12.5. The van der Waals surface area contributed by atoms with Crippen LogP contribution in [0.4, 0.5) is 17.2 Å². The Morgan fingerprint density at radius 3 is 2.30 bits per heavy atom. The summed E-state index contributed by atoms with van der Waals surface area (Å²) in [5.41, 5.74) is 6.71. The van der Waals surface area contributed by atoms with E-state index in [9.17, 15) is 5.11 Å². The SMILES string of the molecule is CC1(C)c2cc3ccc4ccc(N(c5ccccc5)c5ccccn5)cc4c3nc2-c2c(O)cccc21. The minimum absolute atomic E-state index is 0.232. The monoisotopic (exact) mass is 479 g/mol. The lowest BCUT2D eigenvalue weighted by Crippen LogP contribution is -2.15. The molecule has 0 radical (unpaired) electrons. The summed E-state index contributed by atoms with van der Waals surface area (Å²) in [5.74, 6) is 1.13. The average Bonchev–Trinajstić information content (AvgIpc) is 3.16. The van der Waals surface area contributed by atoms with E-state index < -0.39 is 0 Å². The number of benzene rings is 4. The highest BCUT2D eigenvalue weighted by Gasteiger charge is 2.38. The maximum atomic E-state index is 10.8. The highest BCUT2D eigenvalue weighted by molar-refractivity contribution is 6.08. The second-order valence-corrected chi connectivity index (χ2v) is 10.1. The fraction of sp³-hybridized carbons (Fsp3) is 0.0909. The van der Waals surface area contributed by atoms with Gasteiger partial charge in [0.2, 0.25) is 0 Å². The van der Waals surface area contributed by atoms with E-state index in [4.69, 9.17) is 4.98 Å². The number of aromatic hydroxyl groups is 1. The van der Waals surface area contributed by atoms with Crippen molar-refractivity contribution in [1.82, 2.24) is 9.97 Å². The van der Waals surface area contributed by atoms with Crippen LogP contribution >= 0.6 is 0 Å². The Kier molecular flexibility index (Phi) is 4.61. The zero-order valence-electron chi connectivity index (χ0n) is 20.7. The number of rotatable bonds is 3. The molecular formula is C33H25N3O. The Labute approximate surface area is 215 Å². The second kappa shape index (κ2) is 7.90. The van der Waals surface area contributed by atoms with E-state index in [0.717, 1.165) is 61.3 Å². The highest BCUT2D eigenvalue weighted by atomic mass is 16.3. The maximum Gasteiger partial charge on any atom is 0.137 e. The summed E-state index contributed by atoms with van der Waals surface area (Å²) in [6, 6.07) is 35.0. The van der Waals surface area contributed by atoms with Gasteiger partial charge >= 0.3 is 0 Å². The predicted octanol–water partition coefficient (Wildman–Crippen LogP) is 8.26. The van der Waals surface area contributed by atoms with Crippen LogP contribution in [0.15, 0.2) is 109 Å². The van der Waals surface area contributed by atoms with E-state index in [1.165, 1.54) is 0 Å². The molecule has 2 aromatic heterocycles. The van der Waals surface area contributed by atoms with Gasteiger partial charge in [0.15, 0.2) is 0 Å². The number of hydrogen-bond donors (Lipinski definition) is 1. The van der Waals surface area contributed by atoms with Gasteiger partial charge in [0.25, 0.3) is 0 Å². The van der Waals surface area contributed by atoms with Gasteiger partial charge in [0.05, 0.1) is 11.2 Å². The molecule has 4 heteroatoms. The lowest BCUT2D eigenvalue weighted by Gasteiger charge is -2.24. The standard InChI is InChI=1S/C33H25N3O/c1-33(2)26-11-8-12-28(37)30(26)32-27(33)19-22-15-14-21-16-17-24(20-25(21)31(22)35-32)36(23-9-4-3-5-10-23)29-13-6-7-18-34-29/h3-20,37H,1-2H3. The third-order valence-corrected chi connectivity index (χ3v) is 7.56. The molecule has 0 spiro atoms. The number of phenols is 1. The van der Waals surface area contributed by atoms with Crippen LogP contribution in [-0.4, -0.2) is 15.1 Å². The second-order valence-electron chi connectivity index (χ2n) is 10.1. The van der Waals surface area contributed by atoms with Gasteiger partial charge in [-0.3, -0.25) is 4.90 Å². The molecule has 0 bridgehead atoms. The van der Waals surface area contributed by atoms with Crippen molar-refractivity contribution in [3.05, 3.63) is 120 Å². The van der Waals surface area contributed by atoms with Crippen molar-refractivity contribution in [2.24, 2.45) is 0 Å². The minimum Gasteiger partial charge on any atom is -0.507 e. The maximum absolute atomic E-state index is 10.8. The van der Waals surface area contributed by atoms with Gasteiger partial charge in [-0.15, -0.1) is 0 Å². The molecule has 1 aliphatic rings. The van der Waals surface area contributed by atoms with E-state index in [-0.39, 0.29) is 11.2 Å². The zero-order chi connectivity index (χ0) is 25.1. The molecule has 2 heterocycles. The molecule has 4 nitrogen and oxygen atoms in total. The van der Waals surface area contributed by atoms with E-state index in [1.807, 2.05) is 48.7 Å². The van der Waals surface area contributed by atoms with Crippen LogP contribution in [0.3, 0.4) is 0 Å². The number of nitrogens with zero attached hydrogens (tertiary/aromatic N) is 3. The summed E-state index contributed by atoms with van der Waals surface area (Å²) in [5, 5.41) is 14.1. The average molecular weight is 480 g/mol. The van der Waals surface area contributed by atoms with Crippen molar-refractivity contribution in [2.45, 2.75) is 19.3 Å². The van der Waals surface area contributed by atoms with Crippen molar-refractivity contribution >= 4 is 38.9 Å². The lowest BCUT2D eigenvalue weighted by atomic mass is 9.82. The third kappa shape index (κ3) is 3.22. The Morgan fingerprint density at radius 1 is 0.703 bits per heavy atom. The van der Waals surface area contributed by atoms with E-state index >= 15 is 0 Å². The van der Waals surface area contributed by atoms with Crippen LogP contribution in [0.1, 0.15) is 25.0 Å². The molecule has 0 saturated heterocycles. The van der Waals surface area contributed by atoms with Gasteiger partial charge in [0.1, 0.15) is 11.6 Å². The highest BCUT2D eigenvalue weighted by Crippen LogP contribution is 2.52. The number of aromatic nitrogens is 2. The molecule has 4 aromatic carbocycles. The van der Waals surface area contributed by atoms with Crippen LogP contribution in [0.2, 0.25) is 0 Å². The molecule has 7 rings (SSSR count). The molecule has 1 N–H and O–H groups in total. The van der Waals surface area contributed by atoms with Gasteiger partial charge in [0, 0.05) is 39.3 Å². The number of pyridine rings is 2. The van der Waals surface area contributed by atoms with Crippen molar-refractivity contribution in [2.75, 3.05) is 4.90 Å². The number of anilines is 3. The molecule has 0 atom stereocenters. The molecule has 0 saturated carbocycles. The topological polar surface area (TPSA) is 49.2 Å². The van der Waals surface area contributed by atoms with Crippen molar-refractivity contribution < 1.29 is 5.11 Å². The summed E-state index contributed by atoms with van der Waals surface area (Å²) >= 11 is 0. The normalized spacial score (nSPS) is 13.5. The van der Waals surface area contributed by atoms with Gasteiger partial charge < -0.3 is 5.11 Å². The first-order valence-electron chi connectivity index (χ1n) is 12.5. The van der Waals surface area contributed by atoms with E-state index in [1.54, 1.807) is 6.07 Å². The number of hydrogen-bond acceptors (Lipinski definition) is 4. The van der Waals surface area contributed by atoms with Crippen molar-refractivity contribution in [1.29, 1.82) is 0 Å². The molecule has 0 amide bonds. The molecular weight excluding hydrogens is 454 g/mol. The Morgan fingerprint density at radius 2 is 1.49 bits per heavy atom. The molecule has 178 valence electrons. The van der Waals surface area contributed by atoms with Crippen molar-refractivity contribution in [3.8, 4) is 17.0 Å². The first kappa shape index (κ1) is 21.6. The van der Waals surface area contributed by atoms with Gasteiger partial charge in [-0.1, -0.05) is 68.4 Å². The predicted molar refractivity (Wildman–Crippen MR) is 151 cm³/mol. The lowest BCUT2D eigenvalue weighted by molar-refractivity contribution is 0.476. The van der Waals surface area contributed by atoms with Crippen LogP contribution in [-0.2, 0) is 5.41 Å². The van der Waals surface area contributed by atoms with Crippen LogP contribution < -0.4 is 4.90 Å². The Balaban J connectivity index is 1.49. The summed E-state index contributed by atoms with van der Waals surface area (Å²) in [6.45, 7) is 4.41. The molecule has 1 aliphatic carbocycles. The molecule has 0 aliphatic heterocycles. The Bertz CT molecular complexity index is 1770. The quantitative estimate of drug-likeness (QED) is 0.260. The zero-order valence-corrected chi connectivity index (χ0v) is 20.7. The van der Waals surface area contributed by atoms with Gasteiger partial charge in [-0.2, -0.15) is 0 Å². The van der Waals surface area contributed by atoms with E-state index in [2.05, 4.69) is 78.3 Å². The fourth-order valence-electron chi connectivity index (χ4n) is 5.68. The third-order valence-electron chi connectivity index (χ3n) is 7.56.